The molecule has 3 nitrogen and oxygen atoms in total. The van der Waals surface area contributed by atoms with E-state index >= 15 is 0 Å². The predicted octanol–water partition coefficient (Wildman–Crippen LogP) is -1.45. The van der Waals surface area contributed by atoms with Crippen LogP contribution in [0.4, 0.5) is 0 Å². The molecule has 0 aliphatic carbocycles. The van der Waals surface area contributed by atoms with E-state index in [-0.39, 0.29) is 19.1 Å². The first kappa shape index (κ1) is 6.88. The van der Waals surface area contributed by atoms with Gasteiger partial charge in [0, 0.05) is 19.1 Å². The fraction of sp³-hybridized carbons (Fsp3) is 1.00. The van der Waals surface area contributed by atoms with Gasteiger partial charge in [0.2, 0.25) is 0 Å². The molecule has 3 heteroatoms. The number of aliphatic hydroxyl groups is 2. The van der Waals surface area contributed by atoms with Crippen LogP contribution in [0.25, 0.3) is 0 Å². The highest BCUT2D eigenvalue weighted by Gasteiger charge is 1.99. The number of rotatable bonds is 3. The molecule has 7 heavy (non-hydrogen) atoms. The summed E-state index contributed by atoms with van der Waals surface area (Å²) in [5.41, 5.74) is 5.07. The molecule has 4 N–H and O–H groups in total. The van der Waals surface area contributed by atoms with Crippen LogP contribution in [-0.4, -0.2) is 30.0 Å². The Bertz CT molecular complexity index is 31.2. The fourth-order valence-corrected chi connectivity index (χ4v) is 0.207. The third-order valence-corrected chi connectivity index (χ3v) is 0.850. The van der Waals surface area contributed by atoms with Crippen molar-refractivity contribution in [1.82, 2.24) is 0 Å². The maximum Gasteiger partial charge on any atom is 0.0493 e. The van der Waals surface area contributed by atoms with Crippen LogP contribution in [0.5, 0.6) is 0 Å². The lowest BCUT2D eigenvalue weighted by atomic mass is 10.2. The Morgan fingerprint density at radius 2 is 1.71 bits per heavy atom. The monoisotopic (exact) mass is 105 g/mol. The highest BCUT2D eigenvalue weighted by Crippen LogP contribution is 1.85. The Kier molecular flexibility index (Phi) is 3.98. The molecule has 0 atom stereocenters. The van der Waals surface area contributed by atoms with Crippen LogP contribution in [0.1, 0.15) is 0 Å². The molecule has 0 aromatic heterocycles. The van der Waals surface area contributed by atoms with Crippen molar-refractivity contribution in [1.29, 1.82) is 0 Å². The molecule has 0 aliphatic heterocycles. The second-order valence-corrected chi connectivity index (χ2v) is 1.47. The van der Waals surface area contributed by atoms with Crippen molar-refractivity contribution in [2.45, 2.75) is 0 Å². The third kappa shape index (κ3) is 2.56. The Balaban J connectivity index is 2.99. The maximum atomic E-state index is 8.29. The normalized spacial score (nSPS) is 10.3. The minimum Gasteiger partial charge on any atom is -0.396 e. The molecule has 0 radical (unpaired) electrons. The minimum atomic E-state index is -0.125. The minimum absolute atomic E-state index is 0.0208. The van der Waals surface area contributed by atoms with Crippen LogP contribution < -0.4 is 5.73 Å². The Morgan fingerprint density at radius 1 is 1.29 bits per heavy atom. The zero-order chi connectivity index (χ0) is 5.70. The Labute approximate surface area is 42.8 Å². The first-order valence-corrected chi connectivity index (χ1v) is 2.27. The van der Waals surface area contributed by atoms with Gasteiger partial charge in [-0.15, -0.1) is 0 Å². The largest absolute Gasteiger partial charge is 0.396 e. The number of aliphatic hydroxyl groups excluding tert-OH is 2. The van der Waals surface area contributed by atoms with E-state index in [2.05, 4.69) is 0 Å². The van der Waals surface area contributed by atoms with Gasteiger partial charge in [0.15, 0.2) is 0 Å². The molecule has 0 saturated carbocycles. The summed E-state index contributed by atoms with van der Waals surface area (Å²) in [6, 6.07) is 0. The van der Waals surface area contributed by atoms with E-state index in [4.69, 9.17) is 15.9 Å². The van der Waals surface area contributed by atoms with Crippen molar-refractivity contribution in [2.24, 2.45) is 11.7 Å². The maximum absolute atomic E-state index is 8.29. The lowest BCUT2D eigenvalue weighted by Crippen LogP contribution is -2.21. The average molecular weight is 105 g/mol. The molecular weight excluding hydrogens is 94.0 g/mol. The standard InChI is InChI=1S/C4H11NO2/c5-1-4(2-6)3-7/h4,6-7H,1-3,5H2. The summed E-state index contributed by atoms with van der Waals surface area (Å²) in [7, 11) is 0. The van der Waals surface area contributed by atoms with Gasteiger partial charge in [0.05, 0.1) is 0 Å². The molecule has 0 rings (SSSR count). The molecule has 0 fully saturated rings. The molecule has 0 spiro atoms. The number of hydrogen-bond acceptors (Lipinski definition) is 3. The topological polar surface area (TPSA) is 66.5 Å². The Morgan fingerprint density at radius 3 is 1.71 bits per heavy atom. The zero-order valence-electron chi connectivity index (χ0n) is 4.17. The third-order valence-electron chi connectivity index (χ3n) is 0.850. The second-order valence-electron chi connectivity index (χ2n) is 1.47. The average Bonchev–Trinajstić information content (AvgIpc) is 1.72. The highest BCUT2D eigenvalue weighted by molar-refractivity contribution is 4.52. The second kappa shape index (κ2) is 4.05. The van der Waals surface area contributed by atoms with E-state index in [1.165, 1.54) is 0 Å². The number of hydrogen-bond donors (Lipinski definition) is 3. The molecule has 0 saturated heterocycles. The summed E-state index contributed by atoms with van der Waals surface area (Å²) in [6.45, 7) is 0.313. The summed E-state index contributed by atoms with van der Waals surface area (Å²) in [4.78, 5) is 0. The van der Waals surface area contributed by atoms with Crippen molar-refractivity contribution in [3.8, 4) is 0 Å². The van der Waals surface area contributed by atoms with E-state index in [0.717, 1.165) is 0 Å². The quantitative estimate of drug-likeness (QED) is 0.411. The Hall–Kier alpha value is -0.120. The lowest BCUT2D eigenvalue weighted by molar-refractivity contribution is 0.155. The van der Waals surface area contributed by atoms with Crippen molar-refractivity contribution >= 4 is 0 Å². The van der Waals surface area contributed by atoms with Crippen molar-refractivity contribution in [2.75, 3.05) is 19.8 Å². The molecular formula is C4H11NO2. The molecule has 0 aliphatic rings. The molecule has 0 aromatic carbocycles. The summed E-state index contributed by atoms with van der Waals surface area (Å²) in [5.74, 6) is -0.125. The lowest BCUT2D eigenvalue weighted by Gasteiger charge is -2.03. The van der Waals surface area contributed by atoms with Crippen LogP contribution in [-0.2, 0) is 0 Å². The van der Waals surface area contributed by atoms with Crippen LogP contribution in [0, 0.1) is 5.92 Å². The molecule has 0 unspecified atom stereocenters. The van der Waals surface area contributed by atoms with Gasteiger partial charge in [0.25, 0.3) is 0 Å². The summed E-state index contributed by atoms with van der Waals surface area (Å²) in [6.07, 6.45) is 0. The van der Waals surface area contributed by atoms with E-state index in [9.17, 15) is 0 Å². The van der Waals surface area contributed by atoms with Gasteiger partial charge in [-0.25, -0.2) is 0 Å². The predicted molar refractivity (Wildman–Crippen MR) is 26.7 cm³/mol. The first-order valence-electron chi connectivity index (χ1n) is 2.27. The van der Waals surface area contributed by atoms with Crippen molar-refractivity contribution in [3.05, 3.63) is 0 Å². The molecule has 0 amide bonds. The van der Waals surface area contributed by atoms with Gasteiger partial charge >= 0.3 is 0 Å². The van der Waals surface area contributed by atoms with Gasteiger partial charge in [0.1, 0.15) is 0 Å². The van der Waals surface area contributed by atoms with Crippen LogP contribution in [0.2, 0.25) is 0 Å². The van der Waals surface area contributed by atoms with Crippen LogP contribution in [0.15, 0.2) is 0 Å². The molecule has 44 valence electrons. The SMILES string of the molecule is NCC(CO)CO. The van der Waals surface area contributed by atoms with E-state index in [1.807, 2.05) is 0 Å². The molecule has 0 heterocycles. The smallest absolute Gasteiger partial charge is 0.0493 e. The van der Waals surface area contributed by atoms with Gasteiger partial charge < -0.3 is 15.9 Å². The van der Waals surface area contributed by atoms with Gasteiger partial charge in [-0.05, 0) is 6.54 Å². The molecule has 0 bridgehead atoms. The first-order chi connectivity index (χ1) is 3.35. The van der Waals surface area contributed by atoms with E-state index in [0.29, 0.717) is 6.54 Å². The fourth-order valence-electron chi connectivity index (χ4n) is 0.207. The summed E-state index contributed by atoms with van der Waals surface area (Å²) < 4.78 is 0. The van der Waals surface area contributed by atoms with Crippen molar-refractivity contribution < 1.29 is 10.2 Å². The van der Waals surface area contributed by atoms with E-state index < -0.39 is 0 Å². The van der Waals surface area contributed by atoms with Gasteiger partial charge in [-0.2, -0.15) is 0 Å². The summed E-state index contributed by atoms with van der Waals surface area (Å²) >= 11 is 0. The number of nitrogens with two attached hydrogens (primary N) is 1. The molecule has 0 aromatic rings. The van der Waals surface area contributed by atoms with E-state index in [1.54, 1.807) is 0 Å². The van der Waals surface area contributed by atoms with Crippen LogP contribution >= 0.6 is 0 Å². The van der Waals surface area contributed by atoms with Crippen LogP contribution in [0.3, 0.4) is 0 Å². The highest BCUT2D eigenvalue weighted by atomic mass is 16.3. The zero-order valence-corrected chi connectivity index (χ0v) is 4.17. The van der Waals surface area contributed by atoms with Gasteiger partial charge in [-0.1, -0.05) is 0 Å². The van der Waals surface area contributed by atoms with Gasteiger partial charge in [-0.3, -0.25) is 0 Å². The summed E-state index contributed by atoms with van der Waals surface area (Å²) in [5, 5.41) is 16.6. The van der Waals surface area contributed by atoms with Crippen molar-refractivity contribution in [3.63, 3.8) is 0 Å².